The maximum absolute atomic E-state index is 13.0. The molecule has 10 heteroatoms. The number of nitrogens with one attached hydrogen (secondary N) is 1. The van der Waals surface area contributed by atoms with Gasteiger partial charge in [0.1, 0.15) is 29.3 Å². The van der Waals surface area contributed by atoms with E-state index in [9.17, 15) is 4.79 Å². The van der Waals surface area contributed by atoms with Crippen molar-refractivity contribution in [3.8, 4) is 22.8 Å². The summed E-state index contributed by atoms with van der Waals surface area (Å²) < 4.78 is 7.89. The number of benzene rings is 2. The van der Waals surface area contributed by atoms with Crippen LogP contribution in [0.25, 0.3) is 22.3 Å². The first-order valence-electron chi connectivity index (χ1n) is 13.9. The number of nitrogens with zero attached hydrogens (tertiary/aromatic N) is 6. The molecule has 40 heavy (non-hydrogen) atoms. The van der Waals surface area contributed by atoms with E-state index in [1.807, 2.05) is 70.3 Å². The first kappa shape index (κ1) is 26.0. The van der Waals surface area contributed by atoms with Crippen molar-refractivity contribution >= 4 is 22.8 Å². The van der Waals surface area contributed by atoms with Gasteiger partial charge in [-0.25, -0.2) is 14.6 Å². The summed E-state index contributed by atoms with van der Waals surface area (Å²) in [5, 5.41) is 9.07. The number of hydrogen-bond acceptors (Lipinski definition) is 8. The average Bonchev–Trinajstić information content (AvgIpc) is 3.40. The van der Waals surface area contributed by atoms with Crippen LogP contribution in [0.3, 0.4) is 0 Å². The number of rotatable bonds is 7. The van der Waals surface area contributed by atoms with Crippen LogP contribution in [-0.2, 0) is 4.79 Å². The zero-order valence-corrected chi connectivity index (χ0v) is 22.4. The summed E-state index contributed by atoms with van der Waals surface area (Å²) >= 11 is 0. The first-order valence-corrected chi connectivity index (χ1v) is 13.9. The number of fused-ring (bicyclic) bond motifs is 1. The molecule has 2 aromatic carbocycles. The van der Waals surface area contributed by atoms with Crippen LogP contribution in [0.4, 0.5) is 5.82 Å². The van der Waals surface area contributed by atoms with Crippen LogP contribution in [0.2, 0.25) is 0 Å². The first-order chi connectivity index (χ1) is 19.7. The molecule has 2 fully saturated rings. The molecule has 0 bridgehead atoms. The summed E-state index contributed by atoms with van der Waals surface area (Å²) in [6, 6.07) is 17.4. The van der Waals surface area contributed by atoms with E-state index in [4.69, 9.17) is 15.6 Å². The van der Waals surface area contributed by atoms with Crippen molar-refractivity contribution in [1.82, 2.24) is 34.9 Å². The predicted molar refractivity (Wildman–Crippen MR) is 155 cm³/mol. The van der Waals surface area contributed by atoms with Crippen molar-refractivity contribution in [2.24, 2.45) is 0 Å². The molecule has 0 spiro atoms. The van der Waals surface area contributed by atoms with Crippen molar-refractivity contribution in [3.63, 3.8) is 0 Å². The van der Waals surface area contributed by atoms with Crippen LogP contribution in [0.15, 0.2) is 73.1 Å². The number of amides is 1. The highest BCUT2D eigenvalue weighted by atomic mass is 16.5. The maximum atomic E-state index is 13.0. The Labute approximate surface area is 233 Å². The summed E-state index contributed by atoms with van der Waals surface area (Å²) in [5.74, 6) is 1.93. The maximum Gasteiger partial charge on any atom is 0.246 e. The number of carbonyl (C=O) groups excluding carboxylic acids is 1. The van der Waals surface area contributed by atoms with Gasteiger partial charge in [0.05, 0.1) is 11.4 Å². The van der Waals surface area contributed by atoms with Gasteiger partial charge in [0.15, 0.2) is 5.65 Å². The number of piperidine rings is 1. The number of nitrogen functional groups attached to an aromatic ring is 1. The van der Waals surface area contributed by atoms with Crippen molar-refractivity contribution in [2.75, 3.05) is 51.5 Å². The monoisotopic (exact) mass is 538 g/mol. The number of piperazine rings is 1. The molecule has 0 aliphatic carbocycles. The summed E-state index contributed by atoms with van der Waals surface area (Å²) in [7, 11) is 0. The second-order valence-corrected chi connectivity index (χ2v) is 10.2. The average molecular weight is 539 g/mol. The summed E-state index contributed by atoms with van der Waals surface area (Å²) in [6.45, 7) is 6.10. The van der Waals surface area contributed by atoms with Gasteiger partial charge in [-0.15, -0.1) is 0 Å². The molecule has 6 rings (SSSR count). The lowest BCUT2D eigenvalue weighted by Crippen LogP contribution is -2.43. The standard InChI is InChI=1S/C30H34N8O2/c31-29-27-28(22-10-12-25(13-11-22)40-24-7-2-1-3-8-24)35-38(30(27)34-21-33-29)23-6-4-17-37(20-23)26(39)9-5-16-36-18-14-32-15-19-36/h1-3,5,7-13,21,23,32H,4,6,14-20H2,(H2,31,33,34)/b9-5+/t23-/m1/s1. The Balaban J connectivity index is 1.21. The molecule has 206 valence electrons. The summed E-state index contributed by atoms with van der Waals surface area (Å²) in [4.78, 5) is 26.1. The van der Waals surface area contributed by atoms with E-state index < -0.39 is 0 Å². The van der Waals surface area contributed by atoms with Crippen molar-refractivity contribution in [1.29, 1.82) is 0 Å². The lowest BCUT2D eigenvalue weighted by Gasteiger charge is -2.32. The molecule has 10 nitrogen and oxygen atoms in total. The fourth-order valence-electron chi connectivity index (χ4n) is 5.41. The van der Waals surface area contributed by atoms with E-state index in [2.05, 4.69) is 20.2 Å². The lowest BCUT2D eigenvalue weighted by molar-refractivity contribution is -0.127. The SMILES string of the molecule is Nc1ncnc2c1c(-c1ccc(Oc3ccccc3)cc1)nn2[C@@H]1CCCN(C(=O)/C=C/CN2CCNCC2)C1. The Kier molecular flexibility index (Phi) is 7.69. The zero-order chi connectivity index (χ0) is 27.3. The van der Waals surface area contributed by atoms with E-state index in [-0.39, 0.29) is 11.9 Å². The molecule has 2 aromatic heterocycles. The van der Waals surface area contributed by atoms with Gasteiger partial charge in [-0.05, 0) is 49.2 Å². The van der Waals surface area contributed by atoms with E-state index in [0.717, 1.165) is 80.3 Å². The number of carbonyl (C=O) groups is 1. The summed E-state index contributed by atoms with van der Waals surface area (Å²) in [6.07, 6.45) is 6.97. The van der Waals surface area contributed by atoms with Gasteiger partial charge in [-0.2, -0.15) is 5.10 Å². The fourth-order valence-corrected chi connectivity index (χ4v) is 5.41. The number of para-hydroxylation sites is 1. The highest BCUT2D eigenvalue weighted by molar-refractivity contribution is 5.98. The van der Waals surface area contributed by atoms with Crippen LogP contribution in [0, 0.1) is 0 Å². The number of likely N-dealkylation sites (tertiary alicyclic amines) is 1. The summed E-state index contributed by atoms with van der Waals surface area (Å²) in [5.41, 5.74) is 8.65. The van der Waals surface area contributed by atoms with Crippen LogP contribution in [-0.4, -0.2) is 81.3 Å². The molecular weight excluding hydrogens is 504 g/mol. The molecular formula is C30H34N8O2. The van der Waals surface area contributed by atoms with Gasteiger partial charge >= 0.3 is 0 Å². The van der Waals surface area contributed by atoms with Crippen LogP contribution < -0.4 is 15.8 Å². The van der Waals surface area contributed by atoms with E-state index in [1.165, 1.54) is 6.33 Å². The lowest BCUT2D eigenvalue weighted by atomic mass is 10.1. The Morgan fingerprint density at radius 2 is 1.80 bits per heavy atom. The van der Waals surface area contributed by atoms with E-state index >= 15 is 0 Å². The van der Waals surface area contributed by atoms with Gasteiger partial charge in [0.2, 0.25) is 5.91 Å². The molecule has 3 N–H and O–H groups in total. The van der Waals surface area contributed by atoms with Crippen molar-refractivity contribution in [2.45, 2.75) is 18.9 Å². The van der Waals surface area contributed by atoms with Gasteiger partial charge in [-0.3, -0.25) is 9.69 Å². The highest BCUT2D eigenvalue weighted by Gasteiger charge is 2.28. The highest BCUT2D eigenvalue weighted by Crippen LogP contribution is 2.34. The quantitative estimate of drug-likeness (QED) is 0.344. The molecule has 1 amide bonds. The Morgan fingerprint density at radius 1 is 1.02 bits per heavy atom. The number of hydrogen-bond donors (Lipinski definition) is 2. The fraction of sp³-hybridized carbons (Fsp3) is 0.333. The van der Waals surface area contributed by atoms with Crippen molar-refractivity contribution in [3.05, 3.63) is 73.1 Å². The second kappa shape index (κ2) is 11.8. The number of ether oxygens (including phenoxy) is 1. The van der Waals surface area contributed by atoms with Crippen molar-refractivity contribution < 1.29 is 9.53 Å². The third-order valence-corrected chi connectivity index (χ3v) is 7.51. The van der Waals surface area contributed by atoms with E-state index in [1.54, 1.807) is 6.08 Å². The topological polar surface area (TPSA) is 114 Å². The van der Waals surface area contributed by atoms with Crippen LogP contribution >= 0.6 is 0 Å². The molecule has 2 aliphatic rings. The molecule has 1 atom stereocenters. The number of aromatic nitrogens is 4. The smallest absolute Gasteiger partial charge is 0.246 e. The Bertz CT molecular complexity index is 1480. The van der Waals surface area contributed by atoms with Gasteiger partial charge in [-0.1, -0.05) is 24.3 Å². The van der Waals surface area contributed by atoms with Gasteiger partial charge in [0.25, 0.3) is 0 Å². The molecule has 4 aromatic rings. The number of nitrogens with two attached hydrogens (primary N) is 1. The third-order valence-electron chi connectivity index (χ3n) is 7.51. The minimum absolute atomic E-state index is 0.00879. The van der Waals surface area contributed by atoms with E-state index in [0.29, 0.717) is 18.0 Å². The largest absolute Gasteiger partial charge is 0.457 e. The molecule has 2 saturated heterocycles. The zero-order valence-electron chi connectivity index (χ0n) is 22.4. The van der Waals surface area contributed by atoms with Gasteiger partial charge in [0, 0.05) is 57.5 Å². The minimum Gasteiger partial charge on any atom is -0.457 e. The second-order valence-electron chi connectivity index (χ2n) is 10.2. The minimum atomic E-state index is -0.00879. The molecule has 2 aliphatic heterocycles. The third kappa shape index (κ3) is 5.68. The molecule has 0 radical (unpaired) electrons. The normalized spacial score (nSPS) is 18.4. The predicted octanol–water partition coefficient (Wildman–Crippen LogP) is 3.49. The van der Waals surface area contributed by atoms with Crippen LogP contribution in [0.5, 0.6) is 11.5 Å². The number of anilines is 1. The van der Waals surface area contributed by atoms with Crippen LogP contribution in [0.1, 0.15) is 18.9 Å². The molecule has 4 heterocycles. The Hall–Kier alpha value is -4.28. The molecule has 0 unspecified atom stereocenters. The Morgan fingerprint density at radius 3 is 2.60 bits per heavy atom. The van der Waals surface area contributed by atoms with Gasteiger partial charge < -0.3 is 20.7 Å². The molecule has 0 saturated carbocycles.